The Kier molecular flexibility index (Phi) is 2.71. The van der Waals surface area contributed by atoms with Crippen molar-refractivity contribution in [2.45, 2.75) is 38.3 Å². The summed E-state index contributed by atoms with van der Waals surface area (Å²) in [5, 5.41) is 0. The monoisotopic (exact) mass is 232 g/mol. The lowest BCUT2D eigenvalue weighted by molar-refractivity contribution is 0.0256. The molecule has 1 saturated carbocycles. The van der Waals surface area contributed by atoms with Gasteiger partial charge in [0.1, 0.15) is 0 Å². The lowest BCUT2D eigenvalue weighted by Crippen LogP contribution is -2.49. The first-order valence-corrected chi connectivity index (χ1v) is 6.50. The maximum atomic E-state index is 6.15. The van der Waals surface area contributed by atoms with Gasteiger partial charge in [-0.15, -0.1) is 0 Å². The van der Waals surface area contributed by atoms with Gasteiger partial charge in [-0.05, 0) is 37.8 Å². The van der Waals surface area contributed by atoms with Gasteiger partial charge in [-0.3, -0.25) is 0 Å². The van der Waals surface area contributed by atoms with Crippen LogP contribution in [0, 0.1) is 6.92 Å². The number of morpholine rings is 1. The maximum Gasteiger partial charge on any atom is 0.0779 e. The molecule has 1 aliphatic carbocycles. The second kappa shape index (κ2) is 4.22. The molecule has 3 nitrogen and oxygen atoms in total. The normalized spacial score (nSPS) is 28.2. The Balaban J connectivity index is 1.97. The zero-order valence-corrected chi connectivity index (χ0v) is 10.4. The van der Waals surface area contributed by atoms with Crippen LogP contribution in [0.5, 0.6) is 0 Å². The fraction of sp³-hybridized carbons (Fsp3) is 0.571. The molecule has 3 heteroatoms. The topological polar surface area (TPSA) is 38.5 Å². The first-order chi connectivity index (χ1) is 8.27. The maximum absolute atomic E-state index is 6.15. The predicted octanol–water partition coefficient (Wildman–Crippen LogP) is 2.33. The summed E-state index contributed by atoms with van der Waals surface area (Å²) in [6.45, 7) is 3.94. The van der Waals surface area contributed by atoms with Crippen molar-refractivity contribution in [3.05, 3.63) is 23.8 Å². The molecule has 2 unspecified atom stereocenters. The van der Waals surface area contributed by atoms with Gasteiger partial charge in [-0.25, -0.2) is 0 Å². The van der Waals surface area contributed by atoms with Crippen LogP contribution in [0.15, 0.2) is 18.2 Å². The van der Waals surface area contributed by atoms with E-state index in [9.17, 15) is 0 Å². The zero-order valence-electron chi connectivity index (χ0n) is 10.4. The van der Waals surface area contributed by atoms with Gasteiger partial charge in [-0.2, -0.15) is 0 Å². The number of aryl methyl sites for hydroxylation is 1. The molecule has 2 N–H and O–H groups in total. The highest BCUT2D eigenvalue weighted by Crippen LogP contribution is 2.37. The molecule has 1 aromatic rings. The van der Waals surface area contributed by atoms with E-state index < -0.39 is 0 Å². The smallest absolute Gasteiger partial charge is 0.0779 e. The Morgan fingerprint density at radius 2 is 2.24 bits per heavy atom. The largest absolute Gasteiger partial charge is 0.397 e. The van der Waals surface area contributed by atoms with E-state index in [1.807, 2.05) is 12.1 Å². The molecule has 0 radical (unpaired) electrons. The highest BCUT2D eigenvalue weighted by Gasteiger charge is 2.37. The lowest BCUT2D eigenvalue weighted by Gasteiger charge is -2.40. The second-order valence-corrected chi connectivity index (χ2v) is 5.11. The molecule has 0 amide bonds. The molecule has 92 valence electrons. The van der Waals surface area contributed by atoms with Crippen LogP contribution in [-0.4, -0.2) is 25.3 Å². The van der Waals surface area contributed by atoms with Crippen molar-refractivity contribution in [1.82, 2.24) is 0 Å². The molecule has 1 saturated heterocycles. The lowest BCUT2D eigenvalue weighted by atomic mass is 10.1. The summed E-state index contributed by atoms with van der Waals surface area (Å²) >= 11 is 0. The second-order valence-electron chi connectivity index (χ2n) is 5.11. The van der Waals surface area contributed by atoms with Crippen molar-refractivity contribution in [2.24, 2.45) is 0 Å². The average Bonchev–Trinajstić information content (AvgIpc) is 2.77. The summed E-state index contributed by atoms with van der Waals surface area (Å²) in [6.07, 6.45) is 4.13. The summed E-state index contributed by atoms with van der Waals surface area (Å²) in [5.74, 6) is 0. The summed E-state index contributed by atoms with van der Waals surface area (Å²) < 4.78 is 5.85. The van der Waals surface area contributed by atoms with Gasteiger partial charge >= 0.3 is 0 Å². The molecule has 0 bridgehead atoms. The molecule has 0 aromatic heterocycles. The minimum absolute atomic E-state index is 0.419. The molecular weight excluding hydrogens is 212 g/mol. The number of benzene rings is 1. The van der Waals surface area contributed by atoms with Gasteiger partial charge in [0.15, 0.2) is 0 Å². The van der Waals surface area contributed by atoms with E-state index in [1.165, 1.54) is 30.5 Å². The van der Waals surface area contributed by atoms with E-state index in [0.717, 1.165) is 18.8 Å². The van der Waals surface area contributed by atoms with Crippen LogP contribution in [0.4, 0.5) is 11.4 Å². The molecule has 1 heterocycles. The number of hydrogen-bond acceptors (Lipinski definition) is 3. The van der Waals surface area contributed by atoms with Gasteiger partial charge in [0.25, 0.3) is 0 Å². The fourth-order valence-corrected chi connectivity index (χ4v) is 3.28. The van der Waals surface area contributed by atoms with Crippen LogP contribution in [0.2, 0.25) is 0 Å². The summed E-state index contributed by atoms with van der Waals surface area (Å²) in [7, 11) is 0. The molecule has 2 fully saturated rings. The molecular formula is C14H20N2O. The number of nitrogens with two attached hydrogens (primary N) is 1. The Bertz CT molecular complexity index is 398. The van der Waals surface area contributed by atoms with Crippen molar-refractivity contribution >= 4 is 11.4 Å². The number of nitrogens with zero attached hydrogens (tertiary/aromatic N) is 1. The third-order valence-electron chi connectivity index (χ3n) is 4.04. The van der Waals surface area contributed by atoms with Crippen molar-refractivity contribution in [2.75, 3.05) is 23.8 Å². The highest BCUT2D eigenvalue weighted by atomic mass is 16.5. The van der Waals surface area contributed by atoms with E-state index >= 15 is 0 Å². The van der Waals surface area contributed by atoms with E-state index in [-0.39, 0.29) is 0 Å². The summed E-state index contributed by atoms with van der Waals surface area (Å²) in [4.78, 5) is 2.48. The minimum Gasteiger partial charge on any atom is -0.397 e. The number of para-hydroxylation sites is 1. The van der Waals surface area contributed by atoms with Crippen LogP contribution in [0.3, 0.4) is 0 Å². The predicted molar refractivity (Wildman–Crippen MR) is 70.3 cm³/mol. The van der Waals surface area contributed by atoms with Gasteiger partial charge in [-0.1, -0.05) is 12.1 Å². The van der Waals surface area contributed by atoms with Crippen LogP contribution in [-0.2, 0) is 4.74 Å². The van der Waals surface area contributed by atoms with E-state index in [1.54, 1.807) is 0 Å². The van der Waals surface area contributed by atoms with E-state index in [4.69, 9.17) is 10.5 Å². The number of anilines is 2. The number of nitrogen functional groups attached to an aromatic ring is 1. The van der Waals surface area contributed by atoms with Crippen molar-refractivity contribution in [3.8, 4) is 0 Å². The SMILES string of the molecule is Cc1cccc(N)c1N1CCOC2CCCC21. The van der Waals surface area contributed by atoms with Crippen LogP contribution < -0.4 is 10.6 Å². The number of fused-ring (bicyclic) bond motifs is 1. The third-order valence-corrected chi connectivity index (χ3v) is 4.04. The average molecular weight is 232 g/mol. The van der Waals surface area contributed by atoms with Gasteiger partial charge in [0, 0.05) is 6.54 Å². The van der Waals surface area contributed by atoms with Crippen LogP contribution >= 0.6 is 0 Å². The molecule has 1 aliphatic heterocycles. The van der Waals surface area contributed by atoms with Gasteiger partial charge in [0.2, 0.25) is 0 Å². The molecule has 17 heavy (non-hydrogen) atoms. The number of ether oxygens (including phenoxy) is 1. The quantitative estimate of drug-likeness (QED) is 0.755. The first-order valence-electron chi connectivity index (χ1n) is 6.50. The Hall–Kier alpha value is -1.22. The number of hydrogen-bond donors (Lipinski definition) is 1. The van der Waals surface area contributed by atoms with Crippen LogP contribution in [0.1, 0.15) is 24.8 Å². The fourth-order valence-electron chi connectivity index (χ4n) is 3.28. The molecule has 0 spiro atoms. The Morgan fingerprint density at radius 3 is 3.06 bits per heavy atom. The molecule has 3 rings (SSSR count). The summed E-state index contributed by atoms with van der Waals surface area (Å²) in [5.41, 5.74) is 9.56. The summed E-state index contributed by atoms with van der Waals surface area (Å²) in [6, 6.07) is 6.71. The Labute approximate surface area is 103 Å². The number of rotatable bonds is 1. The Morgan fingerprint density at radius 1 is 1.35 bits per heavy atom. The zero-order chi connectivity index (χ0) is 11.8. The van der Waals surface area contributed by atoms with Crippen molar-refractivity contribution in [1.29, 1.82) is 0 Å². The van der Waals surface area contributed by atoms with Crippen LogP contribution in [0.25, 0.3) is 0 Å². The van der Waals surface area contributed by atoms with E-state index in [2.05, 4.69) is 17.9 Å². The van der Waals surface area contributed by atoms with E-state index in [0.29, 0.717) is 12.1 Å². The standard InChI is InChI=1S/C14H20N2O/c1-10-4-2-5-11(15)14(10)16-8-9-17-13-7-3-6-12(13)16/h2,4-5,12-13H,3,6-9,15H2,1H3. The van der Waals surface area contributed by atoms with Gasteiger partial charge in [0.05, 0.1) is 30.1 Å². The molecule has 2 aliphatic rings. The minimum atomic E-state index is 0.419. The first kappa shape index (κ1) is 10.9. The third kappa shape index (κ3) is 1.78. The van der Waals surface area contributed by atoms with Gasteiger partial charge < -0.3 is 15.4 Å². The molecule has 1 aromatic carbocycles. The highest BCUT2D eigenvalue weighted by molar-refractivity contribution is 5.72. The molecule has 2 atom stereocenters. The van der Waals surface area contributed by atoms with Crippen molar-refractivity contribution in [3.63, 3.8) is 0 Å². The van der Waals surface area contributed by atoms with Crippen molar-refractivity contribution < 1.29 is 4.74 Å².